The number of ether oxygens (including phenoxy) is 1. The van der Waals surface area contributed by atoms with Crippen molar-refractivity contribution in [1.82, 2.24) is 0 Å². The lowest BCUT2D eigenvalue weighted by Gasteiger charge is -2.09. The highest BCUT2D eigenvalue weighted by atomic mass is 79.9. The molecule has 0 unspecified atom stereocenters. The van der Waals surface area contributed by atoms with Gasteiger partial charge in [0.2, 0.25) is 0 Å². The van der Waals surface area contributed by atoms with Crippen molar-refractivity contribution in [2.45, 2.75) is 13.2 Å². The average molecular weight is 337 g/mol. The number of amidine groups is 1. The normalized spacial score (nSPS) is 10.5. The smallest absolute Gasteiger partial charge is 0.139 e. The van der Waals surface area contributed by atoms with E-state index >= 15 is 0 Å². The second-order valence-corrected chi connectivity index (χ2v) is 5.13. The number of rotatable bonds is 5. The Morgan fingerprint density at radius 1 is 1.10 bits per heavy atom. The number of halogens is 2. The van der Waals surface area contributed by atoms with E-state index in [-0.39, 0.29) is 18.0 Å². The third kappa shape index (κ3) is 3.43. The molecule has 0 saturated heterocycles. The van der Waals surface area contributed by atoms with Crippen molar-refractivity contribution in [2.24, 2.45) is 5.73 Å². The number of nitrogen functional groups attached to an aromatic ring is 1. The molecule has 0 atom stereocenters. The fraction of sp³-hybridized carbons (Fsp3) is 0.133. The summed E-state index contributed by atoms with van der Waals surface area (Å²) < 4.78 is 20.5. The molecule has 2 aromatic carbocycles. The molecule has 3 nitrogen and oxygen atoms in total. The second kappa shape index (κ2) is 6.63. The molecule has 0 aromatic heterocycles. The Hall–Kier alpha value is -1.72. The van der Waals surface area contributed by atoms with Gasteiger partial charge >= 0.3 is 0 Å². The molecule has 0 aliphatic heterocycles. The molecule has 0 spiro atoms. The van der Waals surface area contributed by atoms with Crippen LogP contribution >= 0.6 is 15.9 Å². The molecule has 2 rings (SSSR count). The number of benzene rings is 2. The summed E-state index contributed by atoms with van der Waals surface area (Å²) in [5.74, 6) is -0.776. The highest BCUT2D eigenvalue weighted by Gasteiger charge is 2.10. The van der Waals surface area contributed by atoms with E-state index in [2.05, 4.69) is 15.9 Å². The number of nitrogens with two attached hydrogens (primary N) is 1. The number of hydrogen-bond donors (Lipinski definition) is 2. The largest absolute Gasteiger partial charge is 0.384 e. The van der Waals surface area contributed by atoms with Gasteiger partial charge in [-0.3, -0.25) is 5.41 Å². The van der Waals surface area contributed by atoms with Crippen LogP contribution in [0.3, 0.4) is 0 Å². The van der Waals surface area contributed by atoms with Crippen LogP contribution in [0.2, 0.25) is 0 Å². The molecule has 0 bridgehead atoms. The molecule has 0 radical (unpaired) electrons. The maximum absolute atomic E-state index is 14.0. The Kier molecular flexibility index (Phi) is 4.87. The highest BCUT2D eigenvalue weighted by Crippen LogP contribution is 2.18. The molecule has 0 aliphatic rings. The summed E-state index contributed by atoms with van der Waals surface area (Å²) in [6, 6.07) is 12.5. The summed E-state index contributed by atoms with van der Waals surface area (Å²) in [6.07, 6.45) is 0. The quantitative estimate of drug-likeness (QED) is 0.647. The molecular weight excluding hydrogens is 323 g/mol. The summed E-state index contributed by atoms with van der Waals surface area (Å²) in [4.78, 5) is 0. The molecule has 20 heavy (non-hydrogen) atoms. The Bertz CT molecular complexity index is 631. The molecule has 2 aromatic rings. The molecular formula is C15H14BrFN2O. The number of nitrogens with one attached hydrogen (secondary N) is 1. The van der Waals surface area contributed by atoms with E-state index in [0.29, 0.717) is 12.2 Å². The maximum atomic E-state index is 14.0. The maximum Gasteiger partial charge on any atom is 0.139 e. The molecule has 0 aliphatic carbocycles. The zero-order valence-electron chi connectivity index (χ0n) is 10.7. The molecule has 0 saturated carbocycles. The van der Waals surface area contributed by atoms with E-state index in [4.69, 9.17) is 15.9 Å². The monoisotopic (exact) mass is 336 g/mol. The van der Waals surface area contributed by atoms with Crippen LogP contribution in [-0.2, 0) is 18.0 Å². The van der Waals surface area contributed by atoms with Gasteiger partial charge in [-0.05, 0) is 17.7 Å². The van der Waals surface area contributed by atoms with Crippen molar-refractivity contribution in [3.63, 3.8) is 0 Å². The Morgan fingerprint density at radius 2 is 1.75 bits per heavy atom. The Morgan fingerprint density at radius 3 is 2.45 bits per heavy atom. The molecule has 0 fully saturated rings. The topological polar surface area (TPSA) is 59.1 Å². The lowest BCUT2D eigenvalue weighted by atomic mass is 10.1. The first kappa shape index (κ1) is 14.7. The van der Waals surface area contributed by atoms with E-state index in [0.717, 1.165) is 10.0 Å². The Labute approximate surface area is 125 Å². The first-order valence-corrected chi connectivity index (χ1v) is 6.82. The van der Waals surface area contributed by atoms with Gasteiger partial charge in [-0.1, -0.05) is 46.3 Å². The highest BCUT2D eigenvalue weighted by molar-refractivity contribution is 9.10. The van der Waals surface area contributed by atoms with Crippen LogP contribution < -0.4 is 5.73 Å². The van der Waals surface area contributed by atoms with Crippen LogP contribution in [0.5, 0.6) is 0 Å². The minimum Gasteiger partial charge on any atom is -0.384 e. The van der Waals surface area contributed by atoms with Crippen molar-refractivity contribution in [1.29, 1.82) is 5.41 Å². The predicted molar refractivity (Wildman–Crippen MR) is 80.1 cm³/mol. The van der Waals surface area contributed by atoms with Crippen molar-refractivity contribution in [3.05, 3.63) is 69.4 Å². The summed E-state index contributed by atoms with van der Waals surface area (Å²) >= 11 is 3.43. The molecule has 0 heterocycles. The molecule has 5 heteroatoms. The van der Waals surface area contributed by atoms with Crippen molar-refractivity contribution in [2.75, 3.05) is 0 Å². The third-order valence-electron chi connectivity index (χ3n) is 2.84. The fourth-order valence-corrected chi connectivity index (χ4v) is 2.18. The SMILES string of the molecule is N=C(N)c1cccc(COCc2ccccc2Br)c1F. The van der Waals surface area contributed by atoms with Crippen molar-refractivity contribution >= 4 is 21.8 Å². The first-order valence-electron chi connectivity index (χ1n) is 6.02. The van der Waals surface area contributed by atoms with Gasteiger partial charge in [0, 0.05) is 10.0 Å². The average Bonchev–Trinajstić information content (AvgIpc) is 2.42. The van der Waals surface area contributed by atoms with Gasteiger partial charge in [0.25, 0.3) is 0 Å². The zero-order valence-corrected chi connectivity index (χ0v) is 12.3. The summed E-state index contributed by atoms with van der Waals surface area (Å²) in [5.41, 5.74) is 6.81. The van der Waals surface area contributed by atoms with Crippen LogP contribution in [0.1, 0.15) is 16.7 Å². The predicted octanol–water partition coefficient (Wildman–Crippen LogP) is 3.59. The van der Waals surface area contributed by atoms with E-state index in [1.54, 1.807) is 12.1 Å². The van der Waals surface area contributed by atoms with Gasteiger partial charge < -0.3 is 10.5 Å². The Balaban J connectivity index is 2.03. The number of hydrogen-bond acceptors (Lipinski definition) is 2. The van der Waals surface area contributed by atoms with Gasteiger partial charge in [-0.25, -0.2) is 4.39 Å². The van der Waals surface area contributed by atoms with Gasteiger partial charge in [-0.15, -0.1) is 0 Å². The van der Waals surface area contributed by atoms with Gasteiger partial charge in [0.05, 0.1) is 18.8 Å². The summed E-state index contributed by atoms with van der Waals surface area (Å²) in [5, 5.41) is 7.30. The lowest BCUT2D eigenvalue weighted by molar-refractivity contribution is 0.104. The molecule has 104 valence electrons. The van der Waals surface area contributed by atoms with E-state index in [9.17, 15) is 4.39 Å². The summed E-state index contributed by atoms with van der Waals surface area (Å²) in [7, 11) is 0. The van der Waals surface area contributed by atoms with E-state index in [1.807, 2.05) is 24.3 Å². The van der Waals surface area contributed by atoms with Crippen LogP contribution in [0.25, 0.3) is 0 Å². The van der Waals surface area contributed by atoms with E-state index < -0.39 is 5.82 Å². The van der Waals surface area contributed by atoms with Crippen LogP contribution in [0, 0.1) is 11.2 Å². The molecule has 3 N–H and O–H groups in total. The van der Waals surface area contributed by atoms with Gasteiger partial charge in [-0.2, -0.15) is 0 Å². The molecule has 0 amide bonds. The third-order valence-corrected chi connectivity index (χ3v) is 3.62. The van der Waals surface area contributed by atoms with Crippen molar-refractivity contribution < 1.29 is 9.13 Å². The second-order valence-electron chi connectivity index (χ2n) is 4.28. The standard InChI is InChI=1S/C15H14BrFN2O/c16-13-7-2-1-4-10(13)8-20-9-11-5-3-6-12(14(11)17)15(18)19/h1-7H,8-9H2,(H3,18,19). The fourth-order valence-electron chi connectivity index (χ4n) is 1.79. The van der Waals surface area contributed by atoms with Gasteiger partial charge in [0.1, 0.15) is 11.7 Å². The summed E-state index contributed by atoms with van der Waals surface area (Å²) in [6.45, 7) is 0.513. The van der Waals surface area contributed by atoms with Crippen LogP contribution in [-0.4, -0.2) is 5.84 Å². The minimum absolute atomic E-state index is 0.104. The minimum atomic E-state index is -0.493. The van der Waals surface area contributed by atoms with Crippen LogP contribution in [0.4, 0.5) is 4.39 Å². The zero-order chi connectivity index (χ0) is 14.5. The first-order chi connectivity index (χ1) is 9.59. The van der Waals surface area contributed by atoms with E-state index in [1.165, 1.54) is 6.07 Å². The lowest BCUT2D eigenvalue weighted by Crippen LogP contribution is -2.14. The van der Waals surface area contributed by atoms with Gasteiger partial charge in [0.15, 0.2) is 0 Å². The van der Waals surface area contributed by atoms with Crippen LogP contribution in [0.15, 0.2) is 46.9 Å². The van der Waals surface area contributed by atoms with Crippen molar-refractivity contribution in [3.8, 4) is 0 Å².